The summed E-state index contributed by atoms with van der Waals surface area (Å²) < 4.78 is 11.4. The number of unbranched alkanes of at least 4 members (excludes halogenated alkanes) is 1. The van der Waals surface area contributed by atoms with E-state index in [1.54, 1.807) is 0 Å². The van der Waals surface area contributed by atoms with Gasteiger partial charge in [-0.1, -0.05) is 34.6 Å². The first-order valence-corrected chi connectivity index (χ1v) is 8.35. The lowest BCUT2D eigenvalue weighted by atomic mass is 9.88. The van der Waals surface area contributed by atoms with E-state index in [9.17, 15) is 15.0 Å². The molecule has 1 fully saturated rings. The molecule has 130 valence electrons. The molecule has 0 radical (unpaired) electrons. The number of aliphatic hydroxyl groups is 2. The van der Waals surface area contributed by atoms with Crippen LogP contribution in [0.15, 0.2) is 0 Å². The van der Waals surface area contributed by atoms with Crippen molar-refractivity contribution in [3.8, 4) is 0 Å². The van der Waals surface area contributed by atoms with Gasteiger partial charge in [-0.05, 0) is 19.3 Å². The minimum absolute atomic E-state index is 0.263. The van der Waals surface area contributed by atoms with Gasteiger partial charge in [0.1, 0.15) is 11.9 Å². The summed E-state index contributed by atoms with van der Waals surface area (Å²) in [6.07, 6.45) is 0.192. The highest BCUT2D eigenvalue weighted by Gasteiger charge is 2.41. The summed E-state index contributed by atoms with van der Waals surface area (Å²) in [7, 11) is 0. The van der Waals surface area contributed by atoms with Gasteiger partial charge in [-0.25, -0.2) is 0 Å². The van der Waals surface area contributed by atoms with Crippen molar-refractivity contribution in [1.29, 1.82) is 0 Å². The topological polar surface area (TPSA) is 76.0 Å². The first-order valence-electron chi connectivity index (χ1n) is 8.35. The Hall–Kier alpha value is -0.490. The van der Waals surface area contributed by atoms with E-state index in [1.165, 1.54) is 0 Å². The van der Waals surface area contributed by atoms with E-state index in [4.69, 9.17) is 9.47 Å². The zero-order valence-electron chi connectivity index (χ0n) is 14.5. The molecule has 22 heavy (non-hydrogen) atoms. The predicted molar refractivity (Wildman–Crippen MR) is 84.4 cm³/mol. The van der Waals surface area contributed by atoms with Gasteiger partial charge in [-0.3, -0.25) is 4.79 Å². The number of hydrogen-bond acceptors (Lipinski definition) is 5. The molecule has 0 aliphatic carbocycles. The van der Waals surface area contributed by atoms with Crippen LogP contribution in [-0.4, -0.2) is 47.2 Å². The average molecular weight is 316 g/mol. The minimum atomic E-state index is -0.857. The Morgan fingerprint density at radius 2 is 1.82 bits per heavy atom. The maximum atomic E-state index is 11.8. The van der Waals surface area contributed by atoms with Gasteiger partial charge in [-0.2, -0.15) is 0 Å². The van der Waals surface area contributed by atoms with Crippen molar-refractivity contribution in [3.63, 3.8) is 0 Å². The van der Waals surface area contributed by atoms with Gasteiger partial charge >= 0.3 is 0 Å². The zero-order chi connectivity index (χ0) is 16.9. The predicted octanol–water partition coefficient (Wildman–Crippen LogP) is 2.28. The van der Waals surface area contributed by atoms with Gasteiger partial charge in [-0.15, -0.1) is 0 Å². The number of ether oxygens (including phenoxy) is 2. The van der Waals surface area contributed by atoms with Crippen molar-refractivity contribution in [2.45, 2.75) is 84.9 Å². The molecule has 1 saturated heterocycles. The van der Waals surface area contributed by atoms with Crippen LogP contribution in [0.25, 0.3) is 0 Å². The fourth-order valence-electron chi connectivity index (χ4n) is 2.56. The number of carbonyl (C=O) groups excluding carboxylic acids is 1. The molecule has 5 heteroatoms. The highest BCUT2D eigenvalue weighted by Crippen LogP contribution is 2.28. The van der Waals surface area contributed by atoms with Gasteiger partial charge < -0.3 is 19.7 Å². The van der Waals surface area contributed by atoms with E-state index in [0.29, 0.717) is 19.4 Å². The fraction of sp³-hybridized carbons (Fsp3) is 0.941. The summed E-state index contributed by atoms with van der Waals surface area (Å²) in [4.78, 5) is 11.8. The summed E-state index contributed by atoms with van der Waals surface area (Å²) in [5, 5.41) is 19.9. The van der Waals surface area contributed by atoms with Crippen molar-refractivity contribution in [2.75, 3.05) is 6.61 Å². The summed E-state index contributed by atoms with van der Waals surface area (Å²) in [6, 6.07) is 0. The van der Waals surface area contributed by atoms with E-state index >= 15 is 0 Å². The quantitative estimate of drug-likeness (QED) is 0.705. The Bertz CT molecular complexity index is 347. The number of Topliss-reactive ketones (excluding diaryl/α,β-unsaturated/α-hetero) is 1. The van der Waals surface area contributed by atoms with Crippen LogP contribution in [0, 0.1) is 11.3 Å². The summed E-state index contributed by atoms with van der Waals surface area (Å²) in [6.45, 7) is 10.0. The highest BCUT2D eigenvalue weighted by molar-refractivity contribution is 5.83. The van der Waals surface area contributed by atoms with E-state index in [2.05, 4.69) is 0 Å². The second kappa shape index (κ2) is 8.39. The summed E-state index contributed by atoms with van der Waals surface area (Å²) in [5.41, 5.74) is -0.281. The molecule has 0 aromatic heterocycles. The Kier molecular flexibility index (Phi) is 7.46. The molecule has 5 nitrogen and oxygen atoms in total. The molecule has 0 aromatic rings. The van der Waals surface area contributed by atoms with Crippen LogP contribution in [0.2, 0.25) is 0 Å². The van der Waals surface area contributed by atoms with Gasteiger partial charge in [0.2, 0.25) is 0 Å². The molecule has 1 aliphatic rings. The standard InChI is InChI=1S/C17H32O5/c1-6-12-15(20)14(19)11(2)16(22-12)21-10-8-7-9-13(18)17(3,4)5/h11-12,14-16,19-20H,6-10H2,1-5H3/t11-,12-,14-,15+,16-/m1/s1. The molecule has 0 spiro atoms. The lowest BCUT2D eigenvalue weighted by molar-refractivity contribution is -0.277. The van der Waals surface area contributed by atoms with Crippen LogP contribution in [0.3, 0.4) is 0 Å². The Balaban J connectivity index is 2.31. The lowest BCUT2D eigenvalue weighted by Gasteiger charge is -2.41. The average Bonchev–Trinajstić information content (AvgIpc) is 2.45. The fourth-order valence-corrected chi connectivity index (χ4v) is 2.56. The third kappa shape index (κ3) is 5.30. The number of hydrogen-bond donors (Lipinski definition) is 2. The van der Waals surface area contributed by atoms with E-state index in [-0.39, 0.29) is 17.1 Å². The second-order valence-corrected chi connectivity index (χ2v) is 7.29. The lowest BCUT2D eigenvalue weighted by Crippen LogP contribution is -2.54. The molecule has 2 N–H and O–H groups in total. The third-order valence-corrected chi connectivity index (χ3v) is 4.33. The normalized spacial score (nSPS) is 33.0. The van der Waals surface area contributed by atoms with Crippen LogP contribution in [0.4, 0.5) is 0 Å². The van der Waals surface area contributed by atoms with Crippen LogP contribution < -0.4 is 0 Å². The van der Waals surface area contributed by atoms with Crippen LogP contribution in [-0.2, 0) is 14.3 Å². The van der Waals surface area contributed by atoms with Gasteiger partial charge in [0.15, 0.2) is 6.29 Å². The molecular weight excluding hydrogens is 284 g/mol. The molecule has 0 unspecified atom stereocenters. The molecule has 0 amide bonds. The third-order valence-electron chi connectivity index (χ3n) is 4.33. The van der Waals surface area contributed by atoms with Crippen molar-refractivity contribution in [1.82, 2.24) is 0 Å². The number of rotatable bonds is 7. The zero-order valence-corrected chi connectivity index (χ0v) is 14.5. The summed E-state index contributed by atoms with van der Waals surface area (Å²) >= 11 is 0. The second-order valence-electron chi connectivity index (χ2n) is 7.29. The molecule has 5 atom stereocenters. The van der Waals surface area contributed by atoms with E-state index in [1.807, 2.05) is 34.6 Å². The number of aliphatic hydroxyl groups excluding tert-OH is 2. The first kappa shape index (κ1) is 19.6. The van der Waals surface area contributed by atoms with E-state index < -0.39 is 24.6 Å². The van der Waals surface area contributed by atoms with Crippen LogP contribution >= 0.6 is 0 Å². The molecule has 0 bridgehead atoms. The van der Waals surface area contributed by atoms with Crippen molar-refractivity contribution in [3.05, 3.63) is 0 Å². The van der Waals surface area contributed by atoms with Gasteiger partial charge in [0.05, 0.1) is 12.2 Å². The largest absolute Gasteiger partial charge is 0.390 e. The van der Waals surface area contributed by atoms with E-state index in [0.717, 1.165) is 12.8 Å². The van der Waals surface area contributed by atoms with Crippen molar-refractivity contribution in [2.24, 2.45) is 11.3 Å². The molecular formula is C17H32O5. The molecule has 0 saturated carbocycles. The molecule has 1 heterocycles. The van der Waals surface area contributed by atoms with Crippen molar-refractivity contribution < 1.29 is 24.5 Å². The smallest absolute Gasteiger partial charge is 0.163 e. The first-order chi connectivity index (χ1) is 10.2. The van der Waals surface area contributed by atoms with Crippen molar-refractivity contribution >= 4 is 5.78 Å². The number of carbonyl (C=O) groups is 1. The maximum absolute atomic E-state index is 11.8. The maximum Gasteiger partial charge on any atom is 0.163 e. The minimum Gasteiger partial charge on any atom is -0.390 e. The highest BCUT2D eigenvalue weighted by atomic mass is 16.7. The molecule has 1 rings (SSSR count). The monoisotopic (exact) mass is 316 g/mol. The number of ketones is 1. The van der Waals surface area contributed by atoms with Gasteiger partial charge in [0, 0.05) is 24.4 Å². The van der Waals surface area contributed by atoms with Crippen LogP contribution in [0.1, 0.15) is 60.3 Å². The van der Waals surface area contributed by atoms with Gasteiger partial charge in [0.25, 0.3) is 0 Å². The Morgan fingerprint density at radius 1 is 1.18 bits per heavy atom. The Labute approximate surface area is 134 Å². The Morgan fingerprint density at radius 3 is 2.36 bits per heavy atom. The molecule has 1 aliphatic heterocycles. The molecule has 0 aromatic carbocycles. The SMILES string of the molecule is CC[C@H]1O[C@@H](OCCCCC(=O)C(C)(C)C)[C@H](C)[C@@H](O)[C@H]1O. The van der Waals surface area contributed by atoms with Crippen LogP contribution in [0.5, 0.6) is 0 Å². The summed E-state index contributed by atoms with van der Waals surface area (Å²) in [5.74, 6) is -0.00613.